The van der Waals surface area contributed by atoms with Crippen molar-refractivity contribution in [1.82, 2.24) is 9.80 Å². The first-order valence-corrected chi connectivity index (χ1v) is 7.64. The summed E-state index contributed by atoms with van der Waals surface area (Å²) in [6, 6.07) is -2.91. The molecule has 23 heavy (non-hydrogen) atoms. The highest BCUT2D eigenvalue weighted by Crippen LogP contribution is 2.17. The Bertz CT molecular complexity index is 430. The third-order valence-electron chi connectivity index (χ3n) is 3.60. The van der Waals surface area contributed by atoms with Crippen molar-refractivity contribution in [3.05, 3.63) is 0 Å². The molecule has 0 saturated heterocycles. The molecule has 0 aliphatic carbocycles. The number of primary amides is 1. The molecular weight excluding hydrogens is 308 g/mol. The molecule has 0 unspecified atom stereocenters. The lowest BCUT2D eigenvalue weighted by Crippen LogP contribution is -2.56. The quantitative estimate of drug-likeness (QED) is 0.688. The van der Waals surface area contributed by atoms with Gasteiger partial charge >= 0.3 is 0 Å². The highest BCUT2D eigenvalue weighted by atomic mass is 19.3. The van der Waals surface area contributed by atoms with Crippen LogP contribution < -0.4 is 5.73 Å². The molecule has 0 bridgehead atoms. The van der Waals surface area contributed by atoms with Crippen LogP contribution in [0.25, 0.3) is 0 Å². The molecule has 0 aromatic heterocycles. The number of hydrogen-bond acceptors (Lipinski definition) is 3. The van der Waals surface area contributed by atoms with E-state index < -0.39 is 36.2 Å². The highest BCUT2D eigenvalue weighted by molar-refractivity contribution is 5.91. The van der Waals surface area contributed by atoms with Gasteiger partial charge in [0.2, 0.25) is 11.8 Å². The van der Waals surface area contributed by atoms with Crippen LogP contribution in [0.3, 0.4) is 0 Å². The van der Waals surface area contributed by atoms with Gasteiger partial charge < -0.3 is 15.5 Å². The molecule has 0 rings (SSSR count). The van der Waals surface area contributed by atoms with E-state index in [1.54, 1.807) is 6.92 Å². The van der Waals surface area contributed by atoms with Gasteiger partial charge in [-0.15, -0.1) is 0 Å². The molecular formula is C15H27F2N3O3. The number of hydrogen-bond donors (Lipinski definition) is 1. The van der Waals surface area contributed by atoms with Crippen LogP contribution in [0.1, 0.15) is 40.0 Å². The molecule has 2 atom stereocenters. The summed E-state index contributed by atoms with van der Waals surface area (Å²) in [7, 11) is 2.43. The number of rotatable bonds is 9. The van der Waals surface area contributed by atoms with E-state index in [0.717, 1.165) is 9.80 Å². The fourth-order valence-corrected chi connectivity index (χ4v) is 2.26. The molecule has 3 amide bonds. The van der Waals surface area contributed by atoms with E-state index in [4.69, 9.17) is 5.73 Å². The van der Waals surface area contributed by atoms with Gasteiger partial charge in [-0.1, -0.05) is 20.8 Å². The minimum absolute atomic E-state index is 0.0483. The molecule has 0 aliphatic rings. The SMILES string of the molecule is CCCC(=O)N(C)[C@@H](C(=O)N(C)[C@@H](CC(C)C)C(N)=O)C(F)F. The van der Waals surface area contributed by atoms with Gasteiger partial charge in [0.25, 0.3) is 12.3 Å². The van der Waals surface area contributed by atoms with Gasteiger partial charge in [-0.2, -0.15) is 0 Å². The number of carbonyl (C=O) groups is 3. The molecule has 0 heterocycles. The Morgan fingerprint density at radius 1 is 1.09 bits per heavy atom. The molecule has 8 heteroatoms. The minimum atomic E-state index is -3.05. The standard InChI is InChI=1S/C15H27F2N3O3/c1-6-7-11(21)20(5)12(13(16)17)15(23)19(4)10(14(18)22)8-9(2)3/h9-10,12-13H,6-8H2,1-5H3,(H2,18,22)/t10-,12+/m0/s1. The number of nitrogens with zero attached hydrogens (tertiary/aromatic N) is 2. The van der Waals surface area contributed by atoms with Crippen LogP contribution in [0.15, 0.2) is 0 Å². The van der Waals surface area contributed by atoms with Crippen LogP contribution >= 0.6 is 0 Å². The number of carbonyl (C=O) groups excluding carboxylic acids is 3. The maximum absolute atomic E-state index is 13.3. The van der Waals surface area contributed by atoms with Crippen molar-refractivity contribution < 1.29 is 23.2 Å². The smallest absolute Gasteiger partial charge is 0.267 e. The van der Waals surface area contributed by atoms with Crippen molar-refractivity contribution in [3.8, 4) is 0 Å². The summed E-state index contributed by atoms with van der Waals surface area (Å²) < 4.78 is 26.7. The van der Waals surface area contributed by atoms with Crippen LogP contribution in [0.5, 0.6) is 0 Å². The van der Waals surface area contributed by atoms with E-state index in [0.29, 0.717) is 6.42 Å². The Morgan fingerprint density at radius 2 is 1.61 bits per heavy atom. The first-order valence-electron chi connectivity index (χ1n) is 7.64. The van der Waals surface area contributed by atoms with Gasteiger partial charge in [0.05, 0.1) is 0 Å². The molecule has 0 spiro atoms. The summed E-state index contributed by atoms with van der Waals surface area (Å²) in [5.41, 5.74) is 5.28. The van der Waals surface area contributed by atoms with E-state index >= 15 is 0 Å². The zero-order valence-electron chi connectivity index (χ0n) is 14.4. The monoisotopic (exact) mass is 335 g/mol. The predicted molar refractivity (Wildman–Crippen MR) is 82.7 cm³/mol. The number of alkyl halides is 2. The van der Waals surface area contributed by atoms with Crippen LogP contribution in [0, 0.1) is 5.92 Å². The Kier molecular flexibility index (Phi) is 8.71. The van der Waals surface area contributed by atoms with Crippen molar-refractivity contribution in [2.75, 3.05) is 14.1 Å². The molecule has 2 N–H and O–H groups in total. The van der Waals surface area contributed by atoms with E-state index in [9.17, 15) is 23.2 Å². The molecule has 0 radical (unpaired) electrons. The average Bonchev–Trinajstić information content (AvgIpc) is 2.43. The van der Waals surface area contributed by atoms with Crippen molar-refractivity contribution >= 4 is 17.7 Å². The molecule has 6 nitrogen and oxygen atoms in total. The number of halogens is 2. The number of amides is 3. The van der Waals surface area contributed by atoms with Crippen LogP contribution in [-0.4, -0.2) is 60.1 Å². The lowest BCUT2D eigenvalue weighted by Gasteiger charge is -2.33. The second kappa shape index (κ2) is 9.42. The van der Waals surface area contributed by atoms with Crippen molar-refractivity contribution in [1.29, 1.82) is 0 Å². The minimum Gasteiger partial charge on any atom is -0.368 e. The summed E-state index contributed by atoms with van der Waals surface area (Å²) in [6.45, 7) is 5.40. The molecule has 0 aliphatic heterocycles. The zero-order chi connectivity index (χ0) is 18.3. The Morgan fingerprint density at radius 3 is 1.96 bits per heavy atom. The number of likely N-dealkylation sites (N-methyl/N-ethyl adjacent to an activating group) is 2. The van der Waals surface area contributed by atoms with E-state index in [-0.39, 0.29) is 18.8 Å². The topological polar surface area (TPSA) is 83.7 Å². The second-order valence-electron chi connectivity index (χ2n) is 6.03. The van der Waals surface area contributed by atoms with E-state index in [2.05, 4.69) is 0 Å². The van der Waals surface area contributed by atoms with E-state index in [1.807, 2.05) is 13.8 Å². The summed E-state index contributed by atoms with van der Waals surface area (Å²) >= 11 is 0. The summed E-state index contributed by atoms with van der Waals surface area (Å²) in [6.07, 6.45) is -2.23. The van der Waals surface area contributed by atoms with Gasteiger partial charge in [-0.3, -0.25) is 14.4 Å². The van der Waals surface area contributed by atoms with Gasteiger partial charge in [-0.25, -0.2) is 8.78 Å². The van der Waals surface area contributed by atoms with Gasteiger partial charge in [-0.05, 0) is 18.8 Å². The highest BCUT2D eigenvalue weighted by Gasteiger charge is 2.39. The Hall–Kier alpha value is -1.73. The summed E-state index contributed by atoms with van der Waals surface area (Å²) in [5.74, 6) is -2.24. The van der Waals surface area contributed by atoms with Crippen LogP contribution in [0.4, 0.5) is 8.78 Å². The van der Waals surface area contributed by atoms with Crippen molar-refractivity contribution in [2.45, 2.75) is 58.5 Å². The number of nitrogens with two attached hydrogens (primary N) is 1. The first-order chi connectivity index (χ1) is 10.5. The van der Waals surface area contributed by atoms with Crippen molar-refractivity contribution in [3.63, 3.8) is 0 Å². The van der Waals surface area contributed by atoms with Gasteiger partial charge in [0, 0.05) is 20.5 Å². The second-order valence-corrected chi connectivity index (χ2v) is 6.03. The zero-order valence-corrected chi connectivity index (χ0v) is 14.4. The third kappa shape index (κ3) is 6.11. The molecule has 0 aromatic carbocycles. The maximum atomic E-state index is 13.3. The molecule has 0 aromatic rings. The summed E-state index contributed by atoms with van der Waals surface area (Å²) in [4.78, 5) is 37.4. The maximum Gasteiger partial charge on any atom is 0.267 e. The normalized spacial score (nSPS) is 13.8. The lowest BCUT2D eigenvalue weighted by molar-refractivity contribution is -0.153. The van der Waals surface area contributed by atoms with Crippen LogP contribution in [0.2, 0.25) is 0 Å². The first kappa shape index (κ1) is 21.3. The average molecular weight is 335 g/mol. The van der Waals surface area contributed by atoms with E-state index in [1.165, 1.54) is 14.1 Å². The van der Waals surface area contributed by atoms with Crippen LogP contribution in [-0.2, 0) is 14.4 Å². The lowest BCUT2D eigenvalue weighted by atomic mass is 10.0. The predicted octanol–water partition coefficient (Wildman–Crippen LogP) is 1.24. The van der Waals surface area contributed by atoms with Crippen molar-refractivity contribution in [2.24, 2.45) is 11.7 Å². The fourth-order valence-electron chi connectivity index (χ4n) is 2.26. The summed E-state index contributed by atoms with van der Waals surface area (Å²) in [5, 5.41) is 0. The molecule has 0 fully saturated rings. The Balaban J connectivity index is 5.36. The Labute approximate surface area is 136 Å². The van der Waals surface area contributed by atoms with Gasteiger partial charge in [0.1, 0.15) is 6.04 Å². The molecule has 0 saturated carbocycles. The van der Waals surface area contributed by atoms with Gasteiger partial charge in [0.15, 0.2) is 6.04 Å². The third-order valence-corrected chi connectivity index (χ3v) is 3.60. The largest absolute Gasteiger partial charge is 0.368 e. The fraction of sp³-hybridized carbons (Fsp3) is 0.800. The molecule has 134 valence electrons.